The molecule has 1 amide bonds. The highest BCUT2D eigenvalue weighted by Gasteiger charge is 2.38. The summed E-state index contributed by atoms with van der Waals surface area (Å²) in [6, 6.07) is 5.06. The molecule has 1 aliphatic heterocycles. The van der Waals surface area contributed by atoms with Gasteiger partial charge >= 0.3 is 0 Å². The summed E-state index contributed by atoms with van der Waals surface area (Å²) < 4.78 is 0.787. The molecule has 4 heteroatoms. The zero-order chi connectivity index (χ0) is 12.7. The van der Waals surface area contributed by atoms with Crippen molar-refractivity contribution in [1.82, 2.24) is 4.90 Å². The third kappa shape index (κ3) is 2.03. The first-order valence-corrected chi connectivity index (χ1v) is 7.22. The van der Waals surface area contributed by atoms with Crippen LogP contribution in [-0.4, -0.2) is 29.0 Å². The normalized spacial score (nSPS) is 26.4. The van der Waals surface area contributed by atoms with Gasteiger partial charge in [0.1, 0.15) is 5.75 Å². The first-order valence-electron chi connectivity index (χ1n) is 6.43. The molecule has 1 N–H and O–H groups in total. The summed E-state index contributed by atoms with van der Waals surface area (Å²) in [4.78, 5) is 14.3. The van der Waals surface area contributed by atoms with Crippen molar-refractivity contribution in [2.24, 2.45) is 11.8 Å². The average Bonchev–Trinajstić information content (AvgIpc) is 2.87. The molecule has 2 aliphatic rings. The number of carbonyl (C=O) groups is 1. The Kier molecular flexibility index (Phi) is 3.06. The monoisotopic (exact) mass is 309 g/mol. The van der Waals surface area contributed by atoms with E-state index < -0.39 is 0 Å². The van der Waals surface area contributed by atoms with Gasteiger partial charge in [0.25, 0.3) is 5.91 Å². The van der Waals surface area contributed by atoms with Crippen LogP contribution in [0.5, 0.6) is 5.75 Å². The number of halogens is 1. The van der Waals surface area contributed by atoms with Gasteiger partial charge in [-0.2, -0.15) is 0 Å². The second kappa shape index (κ2) is 4.57. The third-order valence-electron chi connectivity index (χ3n) is 4.20. The summed E-state index contributed by atoms with van der Waals surface area (Å²) in [6.07, 6.45) is 3.81. The van der Waals surface area contributed by atoms with Crippen molar-refractivity contribution in [3.63, 3.8) is 0 Å². The van der Waals surface area contributed by atoms with Crippen molar-refractivity contribution in [3.8, 4) is 5.75 Å². The Bertz CT molecular complexity index is 477. The number of rotatable bonds is 1. The Morgan fingerprint density at radius 3 is 2.56 bits per heavy atom. The minimum atomic E-state index is -0.0330. The van der Waals surface area contributed by atoms with Gasteiger partial charge in [0.2, 0.25) is 0 Å². The van der Waals surface area contributed by atoms with Crippen LogP contribution in [0, 0.1) is 11.8 Å². The number of hydrogen-bond donors (Lipinski definition) is 1. The Morgan fingerprint density at radius 1 is 1.28 bits per heavy atom. The number of phenolic OH excluding ortho intramolecular Hbond substituents is 1. The maximum atomic E-state index is 12.4. The van der Waals surface area contributed by atoms with Gasteiger partial charge in [0.05, 0.1) is 5.56 Å². The minimum Gasteiger partial charge on any atom is -0.507 e. The third-order valence-corrected chi connectivity index (χ3v) is 4.70. The Morgan fingerprint density at radius 2 is 1.94 bits per heavy atom. The predicted molar refractivity (Wildman–Crippen MR) is 72.5 cm³/mol. The molecule has 1 aromatic carbocycles. The average molecular weight is 310 g/mol. The number of phenols is 1. The van der Waals surface area contributed by atoms with E-state index in [2.05, 4.69) is 15.9 Å². The summed E-state index contributed by atoms with van der Waals surface area (Å²) in [7, 11) is 0. The quantitative estimate of drug-likeness (QED) is 0.866. The molecule has 1 aliphatic carbocycles. The summed E-state index contributed by atoms with van der Waals surface area (Å²) >= 11 is 3.28. The number of aromatic hydroxyl groups is 1. The van der Waals surface area contributed by atoms with Crippen LogP contribution in [0.15, 0.2) is 22.7 Å². The molecular weight excluding hydrogens is 294 g/mol. The van der Waals surface area contributed by atoms with E-state index in [9.17, 15) is 9.90 Å². The zero-order valence-corrected chi connectivity index (χ0v) is 11.7. The molecule has 1 saturated heterocycles. The molecule has 0 radical (unpaired) electrons. The van der Waals surface area contributed by atoms with E-state index in [1.54, 1.807) is 18.2 Å². The fourth-order valence-electron chi connectivity index (χ4n) is 3.26. The highest BCUT2D eigenvalue weighted by Crippen LogP contribution is 2.38. The van der Waals surface area contributed by atoms with Crippen LogP contribution in [0.25, 0.3) is 0 Å². The lowest BCUT2D eigenvalue weighted by Gasteiger charge is -2.18. The van der Waals surface area contributed by atoms with Crippen LogP contribution >= 0.6 is 15.9 Å². The Balaban J connectivity index is 1.79. The van der Waals surface area contributed by atoms with Crippen LogP contribution < -0.4 is 0 Å². The Hall–Kier alpha value is -1.03. The van der Waals surface area contributed by atoms with Crippen LogP contribution in [-0.2, 0) is 0 Å². The number of likely N-dealkylation sites (tertiary alicyclic amines) is 1. The largest absolute Gasteiger partial charge is 0.507 e. The molecule has 2 fully saturated rings. The van der Waals surface area contributed by atoms with Gasteiger partial charge in [0, 0.05) is 17.6 Å². The van der Waals surface area contributed by atoms with Crippen molar-refractivity contribution in [1.29, 1.82) is 0 Å². The van der Waals surface area contributed by atoms with E-state index in [0.29, 0.717) is 17.4 Å². The molecule has 3 rings (SSSR count). The van der Waals surface area contributed by atoms with Crippen molar-refractivity contribution in [3.05, 3.63) is 28.2 Å². The molecule has 2 unspecified atom stereocenters. The van der Waals surface area contributed by atoms with Crippen LogP contribution in [0.2, 0.25) is 0 Å². The number of hydrogen-bond acceptors (Lipinski definition) is 2. The number of fused-ring (bicyclic) bond motifs is 1. The lowest BCUT2D eigenvalue weighted by atomic mass is 10.0. The maximum Gasteiger partial charge on any atom is 0.257 e. The van der Waals surface area contributed by atoms with Gasteiger partial charge < -0.3 is 10.0 Å². The smallest absolute Gasteiger partial charge is 0.257 e. The van der Waals surface area contributed by atoms with E-state index in [-0.39, 0.29) is 11.7 Å². The molecule has 1 saturated carbocycles. The van der Waals surface area contributed by atoms with Gasteiger partial charge in [-0.1, -0.05) is 22.4 Å². The van der Waals surface area contributed by atoms with E-state index in [4.69, 9.17) is 0 Å². The van der Waals surface area contributed by atoms with Crippen LogP contribution in [0.4, 0.5) is 0 Å². The topological polar surface area (TPSA) is 40.5 Å². The van der Waals surface area contributed by atoms with Gasteiger partial charge in [0.15, 0.2) is 0 Å². The molecule has 18 heavy (non-hydrogen) atoms. The molecular formula is C14H16BrNO2. The van der Waals surface area contributed by atoms with Crippen molar-refractivity contribution in [2.45, 2.75) is 19.3 Å². The fraction of sp³-hybridized carbons (Fsp3) is 0.500. The highest BCUT2D eigenvalue weighted by atomic mass is 79.9. The second-order valence-corrected chi connectivity index (χ2v) is 6.24. The molecule has 0 spiro atoms. The number of nitrogens with zero attached hydrogens (tertiary/aromatic N) is 1. The van der Waals surface area contributed by atoms with E-state index in [1.807, 2.05) is 4.90 Å². The van der Waals surface area contributed by atoms with Gasteiger partial charge in [-0.25, -0.2) is 0 Å². The SMILES string of the molecule is O=C(c1ccc(Br)cc1O)N1CC2CCCC2C1. The molecule has 3 nitrogen and oxygen atoms in total. The highest BCUT2D eigenvalue weighted by molar-refractivity contribution is 9.10. The van der Waals surface area contributed by atoms with E-state index >= 15 is 0 Å². The molecule has 96 valence electrons. The minimum absolute atomic E-state index is 0.0330. The Labute approximate surface area is 115 Å². The first kappa shape index (κ1) is 12.0. The van der Waals surface area contributed by atoms with Gasteiger partial charge in [-0.15, -0.1) is 0 Å². The van der Waals surface area contributed by atoms with Gasteiger partial charge in [-0.05, 0) is 42.9 Å². The fourth-order valence-corrected chi connectivity index (χ4v) is 3.61. The zero-order valence-electron chi connectivity index (χ0n) is 10.1. The predicted octanol–water partition coefficient (Wildman–Crippen LogP) is 3.03. The molecule has 0 bridgehead atoms. The maximum absolute atomic E-state index is 12.4. The van der Waals surface area contributed by atoms with Crippen LogP contribution in [0.1, 0.15) is 29.6 Å². The number of amides is 1. The van der Waals surface area contributed by atoms with Crippen molar-refractivity contribution < 1.29 is 9.90 Å². The standard InChI is InChI=1S/C14H16BrNO2/c15-11-4-5-12(13(17)6-11)14(18)16-7-9-2-1-3-10(9)8-16/h4-6,9-10,17H,1-3,7-8H2. The van der Waals surface area contributed by atoms with E-state index in [1.165, 1.54) is 19.3 Å². The lowest BCUT2D eigenvalue weighted by Crippen LogP contribution is -2.29. The molecule has 0 aromatic heterocycles. The summed E-state index contributed by atoms with van der Waals surface area (Å²) in [5.74, 6) is 1.40. The molecule has 2 atom stereocenters. The van der Waals surface area contributed by atoms with E-state index in [0.717, 1.165) is 17.6 Å². The second-order valence-electron chi connectivity index (χ2n) is 5.32. The summed E-state index contributed by atoms with van der Waals surface area (Å²) in [6.45, 7) is 1.72. The first-order chi connectivity index (χ1) is 8.65. The van der Waals surface area contributed by atoms with Gasteiger partial charge in [-0.3, -0.25) is 4.79 Å². The van der Waals surface area contributed by atoms with Crippen LogP contribution in [0.3, 0.4) is 0 Å². The number of carbonyl (C=O) groups excluding carboxylic acids is 1. The van der Waals surface area contributed by atoms with Crippen molar-refractivity contribution >= 4 is 21.8 Å². The summed E-state index contributed by atoms with van der Waals surface area (Å²) in [5.41, 5.74) is 0.415. The molecule has 1 heterocycles. The van der Waals surface area contributed by atoms with Crippen molar-refractivity contribution in [2.75, 3.05) is 13.1 Å². The number of benzene rings is 1. The summed E-state index contributed by atoms with van der Waals surface area (Å²) in [5, 5.41) is 9.85. The molecule has 1 aromatic rings. The lowest BCUT2D eigenvalue weighted by molar-refractivity contribution is 0.0777.